The SMILES string of the molecule is CC(CCCO)Nc1nc[nH]c(=O)c1N. The predicted molar refractivity (Wildman–Crippen MR) is 58.7 cm³/mol. The Bertz CT molecular complexity index is 363. The quantitative estimate of drug-likeness (QED) is 0.546. The number of anilines is 2. The van der Waals surface area contributed by atoms with Gasteiger partial charge in [0.05, 0.1) is 6.33 Å². The van der Waals surface area contributed by atoms with E-state index in [2.05, 4.69) is 15.3 Å². The maximum absolute atomic E-state index is 11.1. The summed E-state index contributed by atoms with van der Waals surface area (Å²) in [5, 5.41) is 11.7. The van der Waals surface area contributed by atoms with E-state index in [0.29, 0.717) is 12.2 Å². The molecule has 0 saturated heterocycles. The molecule has 0 spiro atoms. The summed E-state index contributed by atoms with van der Waals surface area (Å²) >= 11 is 0. The molecule has 1 heterocycles. The number of rotatable bonds is 5. The van der Waals surface area contributed by atoms with Crippen LogP contribution in [0.4, 0.5) is 11.5 Å². The van der Waals surface area contributed by atoms with Gasteiger partial charge < -0.3 is 21.1 Å². The van der Waals surface area contributed by atoms with Gasteiger partial charge in [0.15, 0.2) is 5.82 Å². The van der Waals surface area contributed by atoms with Gasteiger partial charge in [0.2, 0.25) is 0 Å². The number of hydrogen-bond acceptors (Lipinski definition) is 5. The van der Waals surface area contributed by atoms with Crippen LogP contribution in [-0.4, -0.2) is 27.7 Å². The molecule has 0 fully saturated rings. The second kappa shape index (κ2) is 5.35. The normalized spacial score (nSPS) is 12.4. The molecule has 1 atom stereocenters. The lowest BCUT2D eigenvalue weighted by Crippen LogP contribution is -2.21. The number of nitrogens with one attached hydrogen (secondary N) is 2. The van der Waals surface area contributed by atoms with Crippen LogP contribution in [0.15, 0.2) is 11.1 Å². The van der Waals surface area contributed by atoms with Crippen LogP contribution < -0.4 is 16.6 Å². The first-order valence-corrected chi connectivity index (χ1v) is 4.85. The van der Waals surface area contributed by atoms with Gasteiger partial charge in [-0.1, -0.05) is 0 Å². The average molecular weight is 212 g/mol. The van der Waals surface area contributed by atoms with Crippen LogP contribution in [0.25, 0.3) is 0 Å². The average Bonchev–Trinajstić information content (AvgIpc) is 2.22. The second-order valence-corrected chi connectivity index (χ2v) is 3.41. The van der Waals surface area contributed by atoms with E-state index in [4.69, 9.17) is 10.8 Å². The lowest BCUT2D eigenvalue weighted by Gasteiger charge is -2.14. The smallest absolute Gasteiger partial charge is 0.276 e. The van der Waals surface area contributed by atoms with E-state index in [9.17, 15) is 4.79 Å². The highest BCUT2D eigenvalue weighted by Crippen LogP contribution is 2.10. The van der Waals surface area contributed by atoms with Crippen molar-refractivity contribution < 1.29 is 5.11 Å². The monoisotopic (exact) mass is 212 g/mol. The van der Waals surface area contributed by atoms with Crippen LogP contribution in [0.2, 0.25) is 0 Å². The number of aromatic nitrogens is 2. The van der Waals surface area contributed by atoms with Crippen LogP contribution in [0.3, 0.4) is 0 Å². The molecule has 0 aliphatic rings. The molecular weight excluding hydrogens is 196 g/mol. The van der Waals surface area contributed by atoms with Crippen molar-refractivity contribution in [2.45, 2.75) is 25.8 Å². The first kappa shape index (κ1) is 11.5. The summed E-state index contributed by atoms with van der Waals surface area (Å²) in [7, 11) is 0. The highest BCUT2D eigenvalue weighted by molar-refractivity contribution is 5.59. The van der Waals surface area contributed by atoms with Gasteiger partial charge in [0.1, 0.15) is 5.69 Å². The summed E-state index contributed by atoms with van der Waals surface area (Å²) < 4.78 is 0. The molecule has 0 aromatic carbocycles. The van der Waals surface area contributed by atoms with Gasteiger partial charge in [0, 0.05) is 12.6 Å². The van der Waals surface area contributed by atoms with Crippen LogP contribution in [-0.2, 0) is 0 Å². The first-order valence-electron chi connectivity index (χ1n) is 4.85. The maximum atomic E-state index is 11.1. The van der Waals surface area contributed by atoms with Gasteiger partial charge >= 0.3 is 0 Å². The van der Waals surface area contributed by atoms with Gasteiger partial charge in [-0.15, -0.1) is 0 Å². The molecule has 0 saturated carbocycles. The van der Waals surface area contributed by atoms with Gasteiger partial charge in [-0.3, -0.25) is 4.79 Å². The van der Waals surface area contributed by atoms with Crippen molar-refractivity contribution in [3.63, 3.8) is 0 Å². The number of aromatic amines is 1. The van der Waals surface area contributed by atoms with Crippen molar-refractivity contribution in [2.24, 2.45) is 0 Å². The molecule has 84 valence electrons. The van der Waals surface area contributed by atoms with E-state index in [1.807, 2.05) is 6.92 Å². The number of nitrogens with two attached hydrogens (primary N) is 1. The Kier molecular flexibility index (Phi) is 4.11. The molecule has 0 aliphatic heterocycles. The molecule has 0 bridgehead atoms. The van der Waals surface area contributed by atoms with Crippen molar-refractivity contribution in [3.8, 4) is 0 Å². The molecule has 1 rings (SSSR count). The molecule has 0 amide bonds. The Morgan fingerprint density at radius 3 is 3.13 bits per heavy atom. The Labute approximate surface area is 87.5 Å². The number of aliphatic hydroxyl groups is 1. The topological polar surface area (TPSA) is 104 Å². The van der Waals surface area contributed by atoms with Crippen LogP contribution in [0, 0.1) is 0 Å². The zero-order valence-electron chi connectivity index (χ0n) is 8.66. The molecular formula is C9H16N4O2. The third kappa shape index (κ3) is 3.25. The van der Waals surface area contributed by atoms with E-state index in [-0.39, 0.29) is 23.9 Å². The molecule has 1 unspecified atom stereocenters. The third-order valence-corrected chi connectivity index (χ3v) is 2.07. The number of H-pyrrole nitrogens is 1. The summed E-state index contributed by atoms with van der Waals surface area (Å²) in [6.45, 7) is 2.10. The molecule has 6 heteroatoms. The summed E-state index contributed by atoms with van der Waals surface area (Å²) in [6, 6.07) is 0.119. The summed E-state index contributed by atoms with van der Waals surface area (Å²) in [4.78, 5) is 17.5. The van der Waals surface area contributed by atoms with E-state index < -0.39 is 0 Å². The molecule has 15 heavy (non-hydrogen) atoms. The number of nitrogens with zero attached hydrogens (tertiary/aromatic N) is 1. The van der Waals surface area contributed by atoms with Crippen molar-refractivity contribution in [3.05, 3.63) is 16.7 Å². The Hall–Kier alpha value is -1.56. The van der Waals surface area contributed by atoms with Crippen LogP contribution in [0.5, 0.6) is 0 Å². The number of hydrogen-bond donors (Lipinski definition) is 4. The minimum absolute atomic E-state index is 0.0911. The molecule has 0 aliphatic carbocycles. The van der Waals surface area contributed by atoms with E-state index in [0.717, 1.165) is 6.42 Å². The fraction of sp³-hybridized carbons (Fsp3) is 0.556. The Balaban J connectivity index is 2.64. The van der Waals surface area contributed by atoms with Crippen molar-refractivity contribution in [2.75, 3.05) is 17.7 Å². The van der Waals surface area contributed by atoms with Crippen molar-refractivity contribution in [1.82, 2.24) is 9.97 Å². The largest absolute Gasteiger partial charge is 0.396 e. The van der Waals surface area contributed by atoms with Gasteiger partial charge in [-0.05, 0) is 19.8 Å². The highest BCUT2D eigenvalue weighted by atomic mass is 16.2. The lowest BCUT2D eigenvalue weighted by molar-refractivity contribution is 0.282. The molecule has 6 nitrogen and oxygen atoms in total. The fourth-order valence-electron chi connectivity index (χ4n) is 1.23. The number of aliphatic hydroxyl groups excluding tert-OH is 1. The minimum Gasteiger partial charge on any atom is -0.396 e. The highest BCUT2D eigenvalue weighted by Gasteiger charge is 2.07. The minimum atomic E-state index is -0.346. The molecule has 1 aromatic heterocycles. The van der Waals surface area contributed by atoms with E-state index in [1.165, 1.54) is 6.33 Å². The zero-order chi connectivity index (χ0) is 11.3. The molecule has 0 radical (unpaired) electrons. The van der Waals surface area contributed by atoms with Crippen molar-refractivity contribution in [1.29, 1.82) is 0 Å². The van der Waals surface area contributed by atoms with Crippen LogP contribution in [0.1, 0.15) is 19.8 Å². The third-order valence-electron chi connectivity index (χ3n) is 2.07. The summed E-state index contributed by atoms with van der Waals surface area (Å²) in [5.74, 6) is 0.393. The molecule has 1 aromatic rings. The van der Waals surface area contributed by atoms with E-state index >= 15 is 0 Å². The standard InChI is InChI=1S/C9H16N4O2/c1-6(3-2-4-14)13-8-7(10)9(15)12-5-11-8/h5-6,14H,2-4,10H2,1H3,(H2,11,12,13,15). The Morgan fingerprint density at radius 2 is 2.47 bits per heavy atom. The van der Waals surface area contributed by atoms with E-state index in [1.54, 1.807) is 0 Å². The maximum Gasteiger partial charge on any atom is 0.276 e. The Morgan fingerprint density at radius 1 is 1.73 bits per heavy atom. The van der Waals surface area contributed by atoms with Crippen LogP contribution >= 0.6 is 0 Å². The second-order valence-electron chi connectivity index (χ2n) is 3.41. The lowest BCUT2D eigenvalue weighted by atomic mass is 10.2. The van der Waals surface area contributed by atoms with Gasteiger partial charge in [-0.2, -0.15) is 0 Å². The fourth-order valence-corrected chi connectivity index (χ4v) is 1.23. The molecule has 5 N–H and O–H groups in total. The van der Waals surface area contributed by atoms with Crippen molar-refractivity contribution >= 4 is 11.5 Å². The number of nitrogen functional groups attached to an aromatic ring is 1. The summed E-state index contributed by atoms with van der Waals surface area (Å²) in [5.41, 5.74) is 5.29. The predicted octanol–water partition coefficient (Wildman–Crippen LogP) is -0.0750. The van der Waals surface area contributed by atoms with Gasteiger partial charge in [-0.25, -0.2) is 4.98 Å². The first-order chi connectivity index (χ1) is 7.15. The summed E-state index contributed by atoms with van der Waals surface area (Å²) in [6.07, 6.45) is 2.81. The van der Waals surface area contributed by atoms with Gasteiger partial charge in [0.25, 0.3) is 5.56 Å². The zero-order valence-corrected chi connectivity index (χ0v) is 8.66.